The van der Waals surface area contributed by atoms with Gasteiger partial charge in [-0.2, -0.15) is 0 Å². The number of nitrogens with one attached hydrogen (secondary N) is 1. The summed E-state index contributed by atoms with van der Waals surface area (Å²) in [6.45, 7) is 16.5. The maximum Gasteiger partial charge on any atom is 0.306 e. The first-order valence-electron chi connectivity index (χ1n) is 29.0. The molecule has 1 aromatic rings. The van der Waals surface area contributed by atoms with Crippen LogP contribution in [-0.2, 0) is 23.7 Å². The predicted octanol–water partition coefficient (Wildman–Crippen LogP) is 14.2. The smallest absolute Gasteiger partial charge is 0.306 e. The highest BCUT2D eigenvalue weighted by Gasteiger charge is 2.27. The molecule has 1 aliphatic heterocycles. The molecule has 0 saturated carbocycles. The van der Waals surface area contributed by atoms with Gasteiger partial charge in [-0.1, -0.05) is 182 Å². The molecule has 10 nitrogen and oxygen atoms in total. The fourth-order valence-corrected chi connectivity index (χ4v) is 9.67. The highest BCUT2D eigenvalue weighted by atomic mass is 16.7. The fraction of sp³-hybridized carbons (Fsp3) is 0.912. The molecule has 392 valence electrons. The van der Waals surface area contributed by atoms with Crippen molar-refractivity contribution in [1.82, 2.24) is 4.90 Å². The van der Waals surface area contributed by atoms with Gasteiger partial charge < -0.3 is 34.1 Å². The molecule has 1 N–H and O–H groups in total. The molecule has 1 fully saturated rings. The number of esters is 1. The molecule has 0 aliphatic carbocycles. The van der Waals surface area contributed by atoms with E-state index in [1.165, 1.54) is 154 Å². The number of anilines is 2. The second-order valence-corrected chi connectivity index (χ2v) is 20.1. The molecular formula is C57H107N3O7. The number of ether oxygens (including phenoxy) is 4. The van der Waals surface area contributed by atoms with E-state index in [-0.39, 0.29) is 22.9 Å². The molecule has 0 radical (unpaired) electrons. The Morgan fingerprint density at radius 3 is 1.58 bits per heavy atom. The van der Waals surface area contributed by atoms with Crippen molar-refractivity contribution in [2.24, 2.45) is 0 Å². The lowest BCUT2D eigenvalue weighted by Gasteiger charge is -2.31. The first-order valence-corrected chi connectivity index (χ1v) is 29.0. The monoisotopic (exact) mass is 946 g/mol. The molecule has 2 rings (SSSR count). The van der Waals surface area contributed by atoms with E-state index in [2.05, 4.69) is 37.9 Å². The van der Waals surface area contributed by atoms with Crippen LogP contribution in [0.25, 0.3) is 0 Å². The molecule has 1 unspecified atom stereocenters. The summed E-state index contributed by atoms with van der Waals surface area (Å²) in [5.41, 5.74) is 0.303. The molecule has 1 aromatic carbocycles. The quantitative estimate of drug-likeness (QED) is 0.0294. The van der Waals surface area contributed by atoms with Crippen LogP contribution in [0.2, 0.25) is 0 Å². The largest absolute Gasteiger partial charge is 0.462 e. The third-order valence-corrected chi connectivity index (χ3v) is 14.0. The van der Waals surface area contributed by atoms with E-state index in [1.807, 2.05) is 4.90 Å². The molecule has 1 atom stereocenters. The molecule has 0 amide bonds. The number of hydrogen-bond donors (Lipinski definition) is 1. The lowest BCUT2D eigenvalue weighted by atomic mass is 10.0. The van der Waals surface area contributed by atoms with Crippen LogP contribution in [0.15, 0.2) is 9.59 Å². The number of carbonyl (C=O) groups excluding carboxylic acids is 1. The summed E-state index contributed by atoms with van der Waals surface area (Å²) in [4.78, 5) is 42.5. The van der Waals surface area contributed by atoms with Crippen LogP contribution in [0.3, 0.4) is 0 Å². The second kappa shape index (κ2) is 44.0. The van der Waals surface area contributed by atoms with E-state index in [0.29, 0.717) is 63.5 Å². The second-order valence-electron chi connectivity index (χ2n) is 20.1. The van der Waals surface area contributed by atoms with Gasteiger partial charge in [-0.25, -0.2) is 0 Å². The lowest BCUT2D eigenvalue weighted by molar-refractivity contribution is -0.150. The van der Waals surface area contributed by atoms with Gasteiger partial charge in [0.2, 0.25) is 0 Å². The fourth-order valence-electron chi connectivity index (χ4n) is 9.67. The van der Waals surface area contributed by atoms with E-state index in [9.17, 15) is 14.4 Å². The number of morpholine rings is 1. The number of hydrogen-bond acceptors (Lipinski definition) is 10. The Bertz CT molecular complexity index is 1310. The number of nitrogens with zero attached hydrogens (tertiary/aromatic N) is 2. The van der Waals surface area contributed by atoms with Crippen molar-refractivity contribution in [2.75, 3.05) is 76.1 Å². The Balaban J connectivity index is 1.69. The van der Waals surface area contributed by atoms with Crippen molar-refractivity contribution in [1.29, 1.82) is 0 Å². The van der Waals surface area contributed by atoms with Crippen LogP contribution in [-0.4, -0.2) is 89.0 Å². The average Bonchev–Trinajstić information content (AvgIpc) is 3.34. The standard InChI is InChI=1S/C57H107N3O7/c1-5-9-12-15-21-28-37-51(36-8-4)66-50-65-47-34-27-19-18-25-32-42-59(44-35-41-58-54-55(57(63)56(54)62)60-45-48-64-49-46-60)43-33-26-20-24-31-40-53(61)67-52(38-29-22-16-13-10-6-2)39-30-23-17-14-11-7-3/h51-52,58H,5-50H2,1-4H3. The van der Waals surface area contributed by atoms with Crippen LogP contribution >= 0.6 is 0 Å². The zero-order chi connectivity index (χ0) is 48.3. The van der Waals surface area contributed by atoms with E-state index in [4.69, 9.17) is 18.9 Å². The van der Waals surface area contributed by atoms with Gasteiger partial charge in [0, 0.05) is 32.7 Å². The van der Waals surface area contributed by atoms with Crippen molar-refractivity contribution in [3.8, 4) is 0 Å². The summed E-state index contributed by atoms with van der Waals surface area (Å²) in [5, 5.41) is 3.33. The first-order chi connectivity index (χ1) is 32.9. The van der Waals surface area contributed by atoms with Crippen molar-refractivity contribution in [3.05, 3.63) is 20.4 Å². The number of carbonyl (C=O) groups is 1. The van der Waals surface area contributed by atoms with E-state index in [1.54, 1.807) is 0 Å². The van der Waals surface area contributed by atoms with Crippen LogP contribution < -0.4 is 21.1 Å². The Morgan fingerprint density at radius 2 is 1.03 bits per heavy atom. The molecule has 1 heterocycles. The van der Waals surface area contributed by atoms with E-state index >= 15 is 0 Å². The van der Waals surface area contributed by atoms with Gasteiger partial charge in [-0.3, -0.25) is 14.4 Å². The van der Waals surface area contributed by atoms with Gasteiger partial charge in [-0.05, 0) is 90.3 Å². The minimum atomic E-state index is -0.382. The van der Waals surface area contributed by atoms with Gasteiger partial charge in [0.1, 0.15) is 24.3 Å². The van der Waals surface area contributed by atoms with E-state index in [0.717, 1.165) is 96.9 Å². The van der Waals surface area contributed by atoms with Gasteiger partial charge in [0.15, 0.2) is 0 Å². The zero-order valence-electron chi connectivity index (χ0n) is 44.4. The summed E-state index contributed by atoms with van der Waals surface area (Å²) in [7, 11) is 0. The Morgan fingerprint density at radius 1 is 0.552 bits per heavy atom. The SMILES string of the molecule is CCCCCCCCC(CCC)OCOCCCCCCCCN(CCCCCCCC(=O)OC(CCCCCCCC)CCCCCCCC)CCCNc1c(N2CCOCC2)c(=O)c1=O. The summed E-state index contributed by atoms with van der Waals surface area (Å²) in [6.07, 6.45) is 43.3. The van der Waals surface area contributed by atoms with Crippen molar-refractivity contribution >= 4 is 17.3 Å². The number of rotatable bonds is 50. The van der Waals surface area contributed by atoms with Crippen LogP contribution in [0.5, 0.6) is 0 Å². The lowest BCUT2D eigenvalue weighted by Crippen LogP contribution is -2.47. The maximum atomic E-state index is 12.9. The third kappa shape index (κ3) is 31.8. The molecular weight excluding hydrogens is 839 g/mol. The van der Waals surface area contributed by atoms with Gasteiger partial charge in [-0.15, -0.1) is 0 Å². The number of unbranched alkanes of at least 4 members (excludes halogenated alkanes) is 24. The summed E-state index contributed by atoms with van der Waals surface area (Å²) < 4.78 is 23.6. The van der Waals surface area contributed by atoms with Crippen LogP contribution in [0.4, 0.5) is 11.4 Å². The van der Waals surface area contributed by atoms with E-state index < -0.39 is 0 Å². The zero-order valence-corrected chi connectivity index (χ0v) is 44.4. The Labute approximate surface area is 412 Å². The first kappa shape index (κ1) is 61.1. The minimum Gasteiger partial charge on any atom is -0.462 e. The summed E-state index contributed by atoms with van der Waals surface area (Å²) in [5.74, 6) is 0.00956. The van der Waals surface area contributed by atoms with Crippen LogP contribution in [0.1, 0.15) is 259 Å². The van der Waals surface area contributed by atoms with Crippen LogP contribution in [0, 0.1) is 0 Å². The molecule has 67 heavy (non-hydrogen) atoms. The minimum absolute atomic E-state index is 0.00956. The van der Waals surface area contributed by atoms with Gasteiger partial charge in [0.05, 0.1) is 19.3 Å². The Kier molecular flexibility index (Phi) is 40.1. The van der Waals surface area contributed by atoms with Crippen molar-refractivity contribution < 1.29 is 23.7 Å². The highest BCUT2D eigenvalue weighted by molar-refractivity contribution is 5.75. The molecule has 1 aliphatic rings. The van der Waals surface area contributed by atoms with Crippen molar-refractivity contribution in [3.63, 3.8) is 0 Å². The normalized spacial score (nSPS) is 13.7. The summed E-state index contributed by atoms with van der Waals surface area (Å²) in [6, 6.07) is 0. The molecule has 0 spiro atoms. The molecule has 0 aromatic heterocycles. The summed E-state index contributed by atoms with van der Waals surface area (Å²) >= 11 is 0. The van der Waals surface area contributed by atoms with Gasteiger partial charge in [0.25, 0.3) is 10.9 Å². The van der Waals surface area contributed by atoms with Gasteiger partial charge >= 0.3 is 5.97 Å². The van der Waals surface area contributed by atoms with Crippen molar-refractivity contribution in [2.45, 2.75) is 271 Å². The Hall–Kier alpha value is -2.01. The molecule has 0 bridgehead atoms. The topological polar surface area (TPSA) is 107 Å². The molecule has 1 saturated heterocycles. The third-order valence-electron chi connectivity index (χ3n) is 14.0. The highest BCUT2D eigenvalue weighted by Crippen LogP contribution is 2.22. The molecule has 10 heteroatoms. The average molecular weight is 946 g/mol. The maximum absolute atomic E-state index is 12.9. The predicted molar refractivity (Wildman–Crippen MR) is 284 cm³/mol.